The lowest BCUT2D eigenvalue weighted by Gasteiger charge is -2.31. The molecule has 21 heavy (non-hydrogen) atoms. The Labute approximate surface area is 142 Å². The Kier molecular flexibility index (Phi) is 9.45. The minimum absolute atomic E-state index is 0.0413. The zero-order valence-corrected chi connectivity index (χ0v) is 16.3. The van der Waals surface area contributed by atoms with Crippen molar-refractivity contribution in [2.45, 2.75) is 64.4 Å². The molecule has 1 radical (unpaired) electrons. The smallest absolute Gasteiger partial charge is 0.226 e. The highest BCUT2D eigenvalue weighted by atomic mass is 32.1. The standard InChI is InChI=1S/C15H32BN2OS2/c1-9(2)10(3)8-15(5,6)14(19)18-13(21)12(20)16-11(4)17-7/h9-13,17,20-21H,8H2,1-7H3,(H,18,19). The third kappa shape index (κ3) is 7.84. The van der Waals surface area contributed by atoms with Gasteiger partial charge in [-0.1, -0.05) is 41.5 Å². The molecule has 4 atom stereocenters. The van der Waals surface area contributed by atoms with E-state index in [-0.39, 0.29) is 22.4 Å². The van der Waals surface area contributed by atoms with E-state index in [4.69, 9.17) is 0 Å². The van der Waals surface area contributed by atoms with Gasteiger partial charge in [0.05, 0.1) is 5.37 Å². The predicted octanol–water partition coefficient (Wildman–Crippen LogP) is 2.59. The number of rotatable bonds is 9. The van der Waals surface area contributed by atoms with Crippen LogP contribution in [-0.2, 0) is 4.79 Å². The minimum atomic E-state index is -0.396. The monoisotopic (exact) mass is 331 g/mol. The van der Waals surface area contributed by atoms with E-state index >= 15 is 0 Å². The van der Waals surface area contributed by atoms with E-state index in [9.17, 15) is 4.79 Å². The molecule has 0 aromatic rings. The van der Waals surface area contributed by atoms with Gasteiger partial charge >= 0.3 is 0 Å². The number of nitrogens with one attached hydrogen (secondary N) is 2. The second kappa shape index (κ2) is 9.36. The van der Waals surface area contributed by atoms with E-state index < -0.39 is 5.41 Å². The molecule has 0 aliphatic heterocycles. The summed E-state index contributed by atoms with van der Waals surface area (Å²) in [4.78, 5) is 12.5. The largest absolute Gasteiger partial charge is 0.344 e. The van der Waals surface area contributed by atoms with Gasteiger partial charge in [-0.05, 0) is 31.2 Å². The van der Waals surface area contributed by atoms with Crippen LogP contribution in [0.15, 0.2) is 0 Å². The maximum atomic E-state index is 12.5. The van der Waals surface area contributed by atoms with Crippen LogP contribution in [0, 0.1) is 17.3 Å². The van der Waals surface area contributed by atoms with E-state index in [0.29, 0.717) is 11.8 Å². The fourth-order valence-corrected chi connectivity index (χ4v) is 2.60. The summed E-state index contributed by atoms with van der Waals surface area (Å²) < 4.78 is 0. The maximum Gasteiger partial charge on any atom is 0.226 e. The Morgan fingerprint density at radius 3 is 2.14 bits per heavy atom. The number of hydrogen-bond donors (Lipinski definition) is 4. The van der Waals surface area contributed by atoms with Crippen molar-refractivity contribution in [1.82, 2.24) is 10.6 Å². The Morgan fingerprint density at radius 2 is 1.71 bits per heavy atom. The summed E-state index contributed by atoms with van der Waals surface area (Å²) in [6.45, 7) is 12.6. The topological polar surface area (TPSA) is 41.1 Å². The summed E-state index contributed by atoms with van der Waals surface area (Å²) in [5, 5.41) is 5.72. The molecule has 0 saturated heterocycles. The summed E-state index contributed by atoms with van der Waals surface area (Å²) in [5.41, 5.74) is -0.396. The van der Waals surface area contributed by atoms with Gasteiger partial charge in [0.2, 0.25) is 5.91 Å². The van der Waals surface area contributed by atoms with Crippen molar-refractivity contribution in [2.24, 2.45) is 17.3 Å². The van der Waals surface area contributed by atoms with Gasteiger partial charge in [-0.15, -0.1) is 0 Å². The SMILES string of the molecule is CNC(C)[B]C(S)C(S)NC(=O)C(C)(C)CC(C)C(C)C. The fraction of sp³-hybridized carbons (Fsp3) is 0.933. The maximum absolute atomic E-state index is 12.5. The molecule has 6 heteroatoms. The Bertz CT molecular complexity index is 327. The third-order valence-corrected chi connectivity index (χ3v) is 5.28. The first-order valence-corrected chi connectivity index (χ1v) is 8.74. The molecule has 3 nitrogen and oxygen atoms in total. The van der Waals surface area contributed by atoms with Crippen molar-refractivity contribution < 1.29 is 4.79 Å². The van der Waals surface area contributed by atoms with E-state index in [2.05, 4.69) is 56.7 Å². The zero-order chi connectivity index (χ0) is 16.8. The van der Waals surface area contributed by atoms with Gasteiger partial charge in [0.1, 0.15) is 0 Å². The van der Waals surface area contributed by atoms with Crippen LogP contribution in [0.2, 0.25) is 0 Å². The van der Waals surface area contributed by atoms with Crippen LogP contribution in [0.4, 0.5) is 0 Å². The molecular weight excluding hydrogens is 299 g/mol. The molecule has 0 fully saturated rings. The quantitative estimate of drug-likeness (QED) is 0.298. The molecular formula is C15H32BN2OS2. The van der Waals surface area contributed by atoms with Gasteiger partial charge in [0, 0.05) is 10.6 Å². The third-order valence-electron chi connectivity index (χ3n) is 4.13. The van der Waals surface area contributed by atoms with E-state index in [1.807, 2.05) is 35.1 Å². The van der Waals surface area contributed by atoms with Crippen molar-refractivity contribution in [1.29, 1.82) is 0 Å². The van der Waals surface area contributed by atoms with Crippen LogP contribution in [0.25, 0.3) is 0 Å². The summed E-state index contributed by atoms with van der Waals surface area (Å²) in [6.07, 6.45) is 0.866. The zero-order valence-electron chi connectivity index (χ0n) is 14.5. The normalized spacial score (nSPS) is 18.0. The molecule has 0 aliphatic rings. The molecule has 0 heterocycles. The highest BCUT2D eigenvalue weighted by Gasteiger charge is 2.32. The average molecular weight is 331 g/mol. The van der Waals surface area contributed by atoms with E-state index in [1.165, 1.54) is 0 Å². The lowest BCUT2D eigenvalue weighted by Crippen LogP contribution is -2.48. The number of hydrogen-bond acceptors (Lipinski definition) is 4. The van der Waals surface area contributed by atoms with Crippen LogP contribution in [0.1, 0.15) is 48.0 Å². The van der Waals surface area contributed by atoms with Crippen molar-refractivity contribution in [2.75, 3.05) is 7.05 Å². The molecule has 0 rings (SSSR count). The second-order valence-corrected chi connectivity index (χ2v) is 8.14. The fourth-order valence-electron chi connectivity index (χ4n) is 2.05. The molecule has 0 saturated carbocycles. The highest BCUT2D eigenvalue weighted by Crippen LogP contribution is 2.29. The van der Waals surface area contributed by atoms with Gasteiger partial charge in [0.25, 0.3) is 0 Å². The molecule has 0 aromatic carbocycles. The van der Waals surface area contributed by atoms with Gasteiger partial charge in [-0.25, -0.2) is 0 Å². The van der Waals surface area contributed by atoms with Gasteiger partial charge in [0.15, 0.2) is 7.28 Å². The van der Waals surface area contributed by atoms with Crippen LogP contribution in [0.5, 0.6) is 0 Å². The lowest BCUT2D eigenvalue weighted by molar-refractivity contribution is -0.130. The van der Waals surface area contributed by atoms with E-state index in [1.54, 1.807) is 0 Å². The van der Waals surface area contributed by atoms with Crippen LogP contribution < -0.4 is 10.6 Å². The van der Waals surface area contributed by atoms with Gasteiger partial charge in [-0.2, -0.15) is 25.3 Å². The molecule has 0 aromatic heterocycles. The Morgan fingerprint density at radius 1 is 1.19 bits per heavy atom. The molecule has 4 unspecified atom stereocenters. The number of thiol groups is 2. The van der Waals surface area contributed by atoms with Crippen molar-refractivity contribution >= 4 is 38.4 Å². The van der Waals surface area contributed by atoms with Crippen molar-refractivity contribution in [3.63, 3.8) is 0 Å². The molecule has 2 N–H and O–H groups in total. The molecule has 0 bridgehead atoms. The summed E-state index contributed by atoms with van der Waals surface area (Å²) in [5.74, 6) is 1.35. The number of carbonyl (C=O) groups excluding carboxylic acids is 1. The van der Waals surface area contributed by atoms with Gasteiger partial charge in [-0.3, -0.25) is 4.79 Å². The Hall–Kier alpha value is 0.195. The molecule has 123 valence electrons. The first-order chi connectivity index (χ1) is 9.51. The van der Waals surface area contributed by atoms with Crippen LogP contribution >= 0.6 is 25.3 Å². The number of amides is 1. The summed E-state index contributed by atoms with van der Waals surface area (Å²) >= 11 is 8.98. The highest BCUT2D eigenvalue weighted by molar-refractivity contribution is 7.86. The number of carbonyl (C=O) groups is 1. The summed E-state index contributed by atoms with van der Waals surface area (Å²) in [6, 6.07) is 0. The first kappa shape index (κ1) is 21.2. The molecule has 0 aliphatic carbocycles. The van der Waals surface area contributed by atoms with Crippen molar-refractivity contribution in [3.05, 3.63) is 0 Å². The first-order valence-electron chi connectivity index (χ1n) is 7.70. The van der Waals surface area contributed by atoms with Crippen LogP contribution in [0.3, 0.4) is 0 Å². The minimum Gasteiger partial charge on any atom is -0.344 e. The summed E-state index contributed by atoms with van der Waals surface area (Å²) in [7, 11) is 3.93. The van der Waals surface area contributed by atoms with Crippen LogP contribution in [-0.4, -0.2) is 36.7 Å². The molecule has 0 spiro atoms. The van der Waals surface area contributed by atoms with Gasteiger partial charge < -0.3 is 10.6 Å². The lowest BCUT2D eigenvalue weighted by atomic mass is 9.66. The predicted molar refractivity (Wildman–Crippen MR) is 100 cm³/mol. The Balaban J connectivity index is 4.51. The second-order valence-electron chi connectivity index (χ2n) is 6.99. The van der Waals surface area contributed by atoms with Crippen molar-refractivity contribution in [3.8, 4) is 0 Å². The van der Waals surface area contributed by atoms with E-state index in [0.717, 1.165) is 6.42 Å². The average Bonchev–Trinajstić information content (AvgIpc) is 2.37. The molecule has 1 amide bonds.